The van der Waals surface area contributed by atoms with E-state index < -0.39 is 5.95 Å². The van der Waals surface area contributed by atoms with Crippen molar-refractivity contribution in [3.05, 3.63) is 47.6 Å². The van der Waals surface area contributed by atoms with Crippen molar-refractivity contribution in [2.24, 2.45) is 0 Å². The molecule has 0 saturated heterocycles. The Kier molecular flexibility index (Phi) is 4.57. The standard InChI is InChI=1S/C17H15ClFN7/c18-13-6-2-5-12(23-13)15-24-16(21-10-3-1-4-10)26-17(25-15)22-11-7-8-20-14(19)9-11/h2,5-10H,1,3-4H2,(H2,20,21,22,24,25,26). The smallest absolute Gasteiger partial charge is 0.232 e. The molecule has 0 spiro atoms. The third kappa shape index (κ3) is 3.85. The molecule has 3 aromatic rings. The zero-order valence-corrected chi connectivity index (χ0v) is 14.4. The lowest BCUT2D eigenvalue weighted by molar-refractivity contribution is 0.443. The number of nitrogens with zero attached hydrogens (tertiary/aromatic N) is 5. The van der Waals surface area contributed by atoms with Crippen LogP contribution in [-0.4, -0.2) is 31.0 Å². The molecule has 2 N–H and O–H groups in total. The van der Waals surface area contributed by atoms with Gasteiger partial charge in [0.1, 0.15) is 10.8 Å². The number of pyridine rings is 2. The molecule has 3 aromatic heterocycles. The maximum Gasteiger partial charge on any atom is 0.232 e. The van der Waals surface area contributed by atoms with Crippen LogP contribution in [0.3, 0.4) is 0 Å². The fourth-order valence-electron chi connectivity index (χ4n) is 2.49. The van der Waals surface area contributed by atoms with Crippen molar-refractivity contribution >= 4 is 29.2 Å². The van der Waals surface area contributed by atoms with Crippen molar-refractivity contribution in [2.45, 2.75) is 25.3 Å². The molecule has 0 amide bonds. The van der Waals surface area contributed by atoms with Crippen LogP contribution in [-0.2, 0) is 0 Å². The molecule has 0 aliphatic heterocycles. The van der Waals surface area contributed by atoms with Crippen LogP contribution in [0.15, 0.2) is 36.5 Å². The lowest BCUT2D eigenvalue weighted by Crippen LogP contribution is -2.28. The van der Waals surface area contributed by atoms with Gasteiger partial charge in [-0.3, -0.25) is 0 Å². The summed E-state index contributed by atoms with van der Waals surface area (Å²) in [4.78, 5) is 21.0. The summed E-state index contributed by atoms with van der Waals surface area (Å²) in [5.74, 6) is 0.512. The summed E-state index contributed by atoms with van der Waals surface area (Å²) in [6, 6.07) is 8.47. The normalized spacial score (nSPS) is 13.9. The van der Waals surface area contributed by atoms with Crippen molar-refractivity contribution in [1.29, 1.82) is 0 Å². The molecule has 26 heavy (non-hydrogen) atoms. The van der Waals surface area contributed by atoms with Gasteiger partial charge in [0.2, 0.25) is 17.8 Å². The van der Waals surface area contributed by atoms with E-state index in [0.717, 1.165) is 12.8 Å². The third-order valence-electron chi connectivity index (χ3n) is 4.00. The minimum Gasteiger partial charge on any atom is -0.351 e. The largest absolute Gasteiger partial charge is 0.351 e. The summed E-state index contributed by atoms with van der Waals surface area (Å²) >= 11 is 5.98. The second kappa shape index (κ2) is 7.17. The Hall–Kier alpha value is -2.87. The predicted molar refractivity (Wildman–Crippen MR) is 96.8 cm³/mol. The quantitative estimate of drug-likeness (QED) is 0.659. The highest BCUT2D eigenvalue weighted by molar-refractivity contribution is 6.29. The van der Waals surface area contributed by atoms with Crippen molar-refractivity contribution in [1.82, 2.24) is 24.9 Å². The van der Waals surface area contributed by atoms with Gasteiger partial charge < -0.3 is 10.6 Å². The van der Waals surface area contributed by atoms with Crippen molar-refractivity contribution in [3.63, 3.8) is 0 Å². The molecule has 1 aliphatic rings. The maximum absolute atomic E-state index is 13.3. The van der Waals surface area contributed by atoms with Crippen molar-refractivity contribution < 1.29 is 4.39 Å². The topological polar surface area (TPSA) is 88.5 Å². The Morgan fingerprint density at radius 3 is 2.62 bits per heavy atom. The lowest BCUT2D eigenvalue weighted by Gasteiger charge is -2.26. The fraction of sp³-hybridized carbons (Fsp3) is 0.235. The van der Waals surface area contributed by atoms with E-state index in [4.69, 9.17) is 11.6 Å². The number of hydrogen-bond donors (Lipinski definition) is 2. The molecule has 0 radical (unpaired) electrons. The fourth-order valence-corrected chi connectivity index (χ4v) is 2.65. The Morgan fingerprint density at radius 1 is 1.04 bits per heavy atom. The van der Waals surface area contributed by atoms with Crippen LogP contribution in [0.1, 0.15) is 19.3 Å². The first-order valence-electron chi connectivity index (χ1n) is 8.20. The van der Waals surface area contributed by atoms with Gasteiger partial charge in [-0.25, -0.2) is 9.97 Å². The highest BCUT2D eigenvalue weighted by Crippen LogP contribution is 2.24. The molecular formula is C17H15ClFN7. The van der Waals surface area contributed by atoms with Gasteiger partial charge in [-0.1, -0.05) is 17.7 Å². The molecule has 7 nitrogen and oxygen atoms in total. The van der Waals surface area contributed by atoms with E-state index in [0.29, 0.717) is 34.3 Å². The second-order valence-corrected chi connectivity index (χ2v) is 6.30. The number of hydrogen-bond acceptors (Lipinski definition) is 7. The van der Waals surface area contributed by atoms with E-state index in [1.54, 1.807) is 24.3 Å². The van der Waals surface area contributed by atoms with E-state index in [9.17, 15) is 4.39 Å². The van der Waals surface area contributed by atoms with Crippen LogP contribution in [0.4, 0.5) is 22.0 Å². The van der Waals surface area contributed by atoms with E-state index in [1.807, 2.05) is 0 Å². The average molecular weight is 372 g/mol. The summed E-state index contributed by atoms with van der Waals surface area (Å²) < 4.78 is 13.3. The molecule has 1 saturated carbocycles. The Bertz CT molecular complexity index is 932. The van der Waals surface area contributed by atoms with Gasteiger partial charge in [-0.05, 0) is 37.5 Å². The number of anilines is 3. The summed E-state index contributed by atoms with van der Waals surface area (Å²) in [7, 11) is 0. The van der Waals surface area contributed by atoms with Crippen LogP contribution in [0.5, 0.6) is 0 Å². The first-order chi connectivity index (χ1) is 12.7. The first-order valence-corrected chi connectivity index (χ1v) is 8.58. The molecule has 1 fully saturated rings. The van der Waals surface area contributed by atoms with Gasteiger partial charge in [0.05, 0.1) is 0 Å². The molecule has 132 valence electrons. The average Bonchev–Trinajstić information content (AvgIpc) is 2.58. The highest BCUT2D eigenvalue weighted by Gasteiger charge is 2.19. The minimum absolute atomic E-state index is 0.282. The van der Waals surface area contributed by atoms with Gasteiger partial charge >= 0.3 is 0 Å². The number of halogens is 2. The van der Waals surface area contributed by atoms with E-state index in [2.05, 4.69) is 35.6 Å². The summed E-state index contributed by atoms with van der Waals surface area (Å²) in [5.41, 5.74) is 1.02. The van der Waals surface area contributed by atoms with Gasteiger partial charge in [0.25, 0.3) is 0 Å². The lowest BCUT2D eigenvalue weighted by atomic mass is 9.93. The van der Waals surface area contributed by atoms with Crippen LogP contribution >= 0.6 is 11.6 Å². The monoisotopic (exact) mass is 371 g/mol. The second-order valence-electron chi connectivity index (χ2n) is 5.92. The van der Waals surface area contributed by atoms with Crippen LogP contribution < -0.4 is 10.6 Å². The van der Waals surface area contributed by atoms with Crippen LogP contribution in [0.2, 0.25) is 5.15 Å². The molecule has 0 aromatic carbocycles. The molecule has 1 aliphatic carbocycles. The molecule has 3 heterocycles. The summed E-state index contributed by atoms with van der Waals surface area (Å²) in [6.07, 6.45) is 4.71. The predicted octanol–water partition coefficient (Wildman–Crippen LogP) is 3.83. The zero-order chi connectivity index (χ0) is 17.9. The molecule has 9 heteroatoms. The Labute approximate surface area is 154 Å². The molecule has 0 atom stereocenters. The SMILES string of the molecule is Fc1cc(Nc2nc(NC3CCC3)nc(-c3cccc(Cl)n3)n2)ccn1. The Balaban J connectivity index is 1.69. The number of aromatic nitrogens is 5. The zero-order valence-electron chi connectivity index (χ0n) is 13.7. The number of nitrogens with one attached hydrogen (secondary N) is 2. The van der Waals surface area contributed by atoms with E-state index in [1.165, 1.54) is 18.7 Å². The molecule has 0 unspecified atom stereocenters. The van der Waals surface area contributed by atoms with E-state index >= 15 is 0 Å². The van der Waals surface area contributed by atoms with Crippen molar-refractivity contribution in [3.8, 4) is 11.5 Å². The van der Waals surface area contributed by atoms with Gasteiger partial charge in [0.15, 0.2) is 5.82 Å². The molecule has 4 rings (SSSR count). The van der Waals surface area contributed by atoms with Crippen molar-refractivity contribution in [2.75, 3.05) is 10.6 Å². The maximum atomic E-state index is 13.3. The van der Waals surface area contributed by atoms with Gasteiger partial charge in [-0.15, -0.1) is 0 Å². The number of rotatable bonds is 5. The summed E-state index contributed by atoms with van der Waals surface area (Å²) in [6.45, 7) is 0. The summed E-state index contributed by atoms with van der Waals surface area (Å²) in [5, 5.41) is 6.62. The Morgan fingerprint density at radius 2 is 1.88 bits per heavy atom. The van der Waals surface area contributed by atoms with Gasteiger partial charge in [0, 0.05) is 24.0 Å². The van der Waals surface area contributed by atoms with E-state index in [-0.39, 0.29) is 5.95 Å². The van der Waals surface area contributed by atoms with Gasteiger partial charge in [-0.2, -0.15) is 19.3 Å². The third-order valence-corrected chi connectivity index (χ3v) is 4.21. The van der Waals surface area contributed by atoms with Crippen LogP contribution in [0, 0.1) is 5.95 Å². The highest BCUT2D eigenvalue weighted by atomic mass is 35.5. The molecular weight excluding hydrogens is 357 g/mol. The van der Waals surface area contributed by atoms with Crippen LogP contribution in [0.25, 0.3) is 11.5 Å². The first kappa shape index (κ1) is 16.6. The minimum atomic E-state index is -0.589. The molecule has 0 bridgehead atoms.